The topological polar surface area (TPSA) is 74.6 Å². The van der Waals surface area contributed by atoms with Crippen LogP contribution in [0.25, 0.3) is 0 Å². The summed E-state index contributed by atoms with van der Waals surface area (Å²) in [6, 6.07) is 6.45. The van der Waals surface area contributed by atoms with E-state index in [1.807, 2.05) is 4.90 Å². The van der Waals surface area contributed by atoms with Crippen LogP contribution in [0.5, 0.6) is 0 Å². The van der Waals surface area contributed by atoms with Crippen LogP contribution in [0.2, 0.25) is 0 Å². The lowest BCUT2D eigenvalue weighted by molar-refractivity contribution is -0.137. The number of amides is 2. The Labute approximate surface area is 166 Å². The van der Waals surface area contributed by atoms with Gasteiger partial charge in [-0.1, -0.05) is 0 Å². The fourth-order valence-corrected chi connectivity index (χ4v) is 3.22. The third kappa shape index (κ3) is 5.52. The van der Waals surface area contributed by atoms with Gasteiger partial charge in [-0.3, -0.25) is 9.59 Å². The smallest absolute Gasteiger partial charge is 0.416 e. The molecule has 0 unspecified atom stereocenters. The zero-order chi connectivity index (χ0) is 20.9. The van der Waals surface area contributed by atoms with Gasteiger partial charge in [0.2, 0.25) is 5.91 Å². The molecule has 0 radical (unpaired) electrons. The fraction of sp³-hybridized carbons (Fsp3) is 0.400. The average molecular weight is 409 g/mol. The van der Waals surface area contributed by atoms with Crippen LogP contribution in [0.15, 0.2) is 41.0 Å². The maximum Gasteiger partial charge on any atom is 0.416 e. The number of hydrogen-bond donors (Lipinski definition) is 2. The number of alkyl halides is 3. The lowest BCUT2D eigenvalue weighted by Gasteiger charge is -2.31. The molecule has 29 heavy (non-hydrogen) atoms. The first-order valence-corrected chi connectivity index (χ1v) is 9.42. The molecule has 0 spiro atoms. The zero-order valence-corrected chi connectivity index (χ0v) is 15.7. The molecule has 156 valence electrons. The van der Waals surface area contributed by atoms with E-state index in [4.69, 9.17) is 4.42 Å². The van der Waals surface area contributed by atoms with Gasteiger partial charge in [-0.25, -0.2) is 0 Å². The Morgan fingerprint density at radius 1 is 1.10 bits per heavy atom. The van der Waals surface area contributed by atoms with Crippen LogP contribution in [0, 0.1) is 0 Å². The number of nitrogens with one attached hydrogen (secondary N) is 2. The number of carbonyl (C=O) groups excluding carboxylic acids is 2. The van der Waals surface area contributed by atoms with Crippen molar-refractivity contribution in [3.05, 3.63) is 47.9 Å². The first kappa shape index (κ1) is 20.8. The number of hydrogen-bond acceptors (Lipinski definition) is 4. The monoisotopic (exact) mass is 409 g/mol. The molecular formula is C20H22F3N3O3. The van der Waals surface area contributed by atoms with Crippen LogP contribution in [0.4, 0.5) is 24.5 Å². The summed E-state index contributed by atoms with van der Waals surface area (Å²) in [6.45, 7) is 1.49. The lowest BCUT2D eigenvalue weighted by atomic mass is 10.1. The van der Waals surface area contributed by atoms with Gasteiger partial charge in [-0.2, -0.15) is 13.2 Å². The summed E-state index contributed by atoms with van der Waals surface area (Å²) in [5, 5.41) is 5.10. The number of furan rings is 1. The standard InChI is InChI=1S/C20H22F3N3O3/c21-20(22,23)14-6-7-16(26-10-2-1-3-11-26)15(13-14)25-18(27)8-9-24-19(28)17-5-4-12-29-17/h4-7,12-13H,1-3,8-11H2,(H,24,28)(H,25,27). The average Bonchev–Trinajstić information content (AvgIpc) is 3.23. The Morgan fingerprint density at radius 2 is 1.86 bits per heavy atom. The van der Waals surface area contributed by atoms with E-state index in [0.29, 0.717) is 5.69 Å². The van der Waals surface area contributed by atoms with E-state index in [1.54, 1.807) is 6.07 Å². The minimum absolute atomic E-state index is 0.0311. The molecule has 1 aliphatic heterocycles. The second-order valence-electron chi connectivity index (χ2n) is 6.81. The predicted molar refractivity (Wildman–Crippen MR) is 102 cm³/mol. The van der Waals surface area contributed by atoms with E-state index in [0.717, 1.165) is 44.5 Å². The molecule has 1 aromatic carbocycles. The molecule has 2 heterocycles. The van der Waals surface area contributed by atoms with Crippen LogP contribution in [0.3, 0.4) is 0 Å². The molecular weight excluding hydrogens is 387 g/mol. The molecule has 2 N–H and O–H groups in total. The summed E-state index contributed by atoms with van der Waals surface area (Å²) in [5.74, 6) is -0.825. The second-order valence-corrected chi connectivity index (χ2v) is 6.81. The predicted octanol–water partition coefficient (Wildman–Crippen LogP) is 4.05. The molecule has 2 aromatic rings. The van der Waals surface area contributed by atoms with Gasteiger partial charge in [0, 0.05) is 26.1 Å². The van der Waals surface area contributed by atoms with Crippen molar-refractivity contribution in [3.8, 4) is 0 Å². The molecule has 0 atom stereocenters. The van der Waals surface area contributed by atoms with Gasteiger partial charge >= 0.3 is 6.18 Å². The third-order valence-corrected chi connectivity index (χ3v) is 4.68. The van der Waals surface area contributed by atoms with Gasteiger partial charge in [0.05, 0.1) is 23.2 Å². The Balaban J connectivity index is 1.66. The molecule has 0 bridgehead atoms. The number of piperidine rings is 1. The Hall–Kier alpha value is -2.97. The SMILES string of the molecule is O=C(CCNC(=O)c1ccco1)Nc1cc(C(F)(F)F)ccc1N1CCCCC1. The third-order valence-electron chi connectivity index (χ3n) is 4.68. The minimum atomic E-state index is -4.50. The van der Waals surface area contributed by atoms with E-state index >= 15 is 0 Å². The van der Waals surface area contributed by atoms with E-state index in [2.05, 4.69) is 10.6 Å². The van der Waals surface area contributed by atoms with Crippen molar-refractivity contribution >= 4 is 23.2 Å². The highest BCUT2D eigenvalue weighted by molar-refractivity contribution is 5.95. The molecule has 0 saturated carbocycles. The maximum atomic E-state index is 13.1. The van der Waals surface area contributed by atoms with Crippen molar-refractivity contribution < 1.29 is 27.2 Å². The first-order valence-electron chi connectivity index (χ1n) is 9.42. The van der Waals surface area contributed by atoms with E-state index in [9.17, 15) is 22.8 Å². The molecule has 1 aliphatic rings. The molecule has 1 fully saturated rings. The van der Waals surface area contributed by atoms with E-state index in [-0.39, 0.29) is 24.4 Å². The van der Waals surface area contributed by atoms with Crippen LogP contribution < -0.4 is 15.5 Å². The molecule has 0 aliphatic carbocycles. The quantitative estimate of drug-likeness (QED) is 0.755. The van der Waals surface area contributed by atoms with Crippen molar-refractivity contribution in [3.63, 3.8) is 0 Å². The summed E-state index contributed by atoms with van der Waals surface area (Å²) in [5.41, 5.74) is -0.116. The Kier molecular flexibility index (Phi) is 6.46. The van der Waals surface area contributed by atoms with E-state index in [1.165, 1.54) is 18.4 Å². The Bertz CT molecular complexity index is 844. The van der Waals surface area contributed by atoms with Gasteiger partial charge in [-0.15, -0.1) is 0 Å². The van der Waals surface area contributed by atoms with Crippen molar-refractivity contribution in [2.75, 3.05) is 29.9 Å². The largest absolute Gasteiger partial charge is 0.459 e. The van der Waals surface area contributed by atoms with Crippen LogP contribution in [-0.2, 0) is 11.0 Å². The van der Waals surface area contributed by atoms with Crippen molar-refractivity contribution in [2.24, 2.45) is 0 Å². The number of carbonyl (C=O) groups is 2. The summed E-state index contributed by atoms with van der Waals surface area (Å²) in [7, 11) is 0. The van der Waals surface area contributed by atoms with Crippen molar-refractivity contribution in [2.45, 2.75) is 31.9 Å². The lowest BCUT2D eigenvalue weighted by Crippen LogP contribution is -2.31. The molecule has 2 amide bonds. The summed E-state index contributed by atoms with van der Waals surface area (Å²) in [4.78, 5) is 26.1. The van der Waals surface area contributed by atoms with Gasteiger partial charge in [0.1, 0.15) is 0 Å². The number of halogens is 3. The molecule has 6 nitrogen and oxygen atoms in total. The highest BCUT2D eigenvalue weighted by Gasteiger charge is 2.31. The van der Waals surface area contributed by atoms with Crippen LogP contribution in [0.1, 0.15) is 41.8 Å². The van der Waals surface area contributed by atoms with E-state index < -0.39 is 23.6 Å². The van der Waals surface area contributed by atoms with Crippen LogP contribution in [-0.4, -0.2) is 31.4 Å². The molecule has 9 heteroatoms. The summed E-state index contributed by atoms with van der Waals surface area (Å²) >= 11 is 0. The summed E-state index contributed by atoms with van der Waals surface area (Å²) < 4.78 is 44.3. The highest BCUT2D eigenvalue weighted by atomic mass is 19.4. The highest BCUT2D eigenvalue weighted by Crippen LogP contribution is 2.36. The first-order chi connectivity index (χ1) is 13.8. The van der Waals surface area contributed by atoms with Gasteiger partial charge in [-0.05, 0) is 49.6 Å². The minimum Gasteiger partial charge on any atom is -0.459 e. The molecule has 1 aromatic heterocycles. The molecule has 1 saturated heterocycles. The second kappa shape index (κ2) is 9.02. The van der Waals surface area contributed by atoms with Gasteiger partial charge < -0.3 is 20.0 Å². The normalized spacial score (nSPS) is 14.5. The zero-order valence-electron chi connectivity index (χ0n) is 15.7. The van der Waals surface area contributed by atoms with Crippen LogP contribution >= 0.6 is 0 Å². The number of rotatable bonds is 6. The maximum absolute atomic E-state index is 13.1. The Morgan fingerprint density at radius 3 is 2.52 bits per heavy atom. The summed E-state index contributed by atoms with van der Waals surface area (Å²) in [6.07, 6.45) is -0.245. The number of anilines is 2. The number of benzene rings is 1. The van der Waals surface area contributed by atoms with Crippen molar-refractivity contribution in [1.29, 1.82) is 0 Å². The van der Waals surface area contributed by atoms with Gasteiger partial charge in [0.15, 0.2) is 5.76 Å². The molecule has 3 rings (SSSR count). The van der Waals surface area contributed by atoms with Gasteiger partial charge in [0.25, 0.3) is 5.91 Å². The number of nitrogens with zero attached hydrogens (tertiary/aromatic N) is 1. The van der Waals surface area contributed by atoms with Crippen molar-refractivity contribution in [1.82, 2.24) is 5.32 Å². The fourth-order valence-electron chi connectivity index (χ4n) is 3.22.